The minimum absolute atomic E-state index is 0.0467. The molecule has 4 N–H and O–H groups in total. The second-order valence-electron chi connectivity index (χ2n) is 10.0. The number of unbranched alkanes of at least 4 members (excludes halogenated alkanes) is 6. The highest BCUT2D eigenvalue weighted by molar-refractivity contribution is 5.21. The van der Waals surface area contributed by atoms with Crippen molar-refractivity contribution in [3.8, 4) is 0 Å². The van der Waals surface area contributed by atoms with Crippen LogP contribution in [0, 0.1) is 16.7 Å². The van der Waals surface area contributed by atoms with Gasteiger partial charge in [0.2, 0.25) is 0 Å². The van der Waals surface area contributed by atoms with Crippen molar-refractivity contribution in [2.45, 2.75) is 122 Å². The van der Waals surface area contributed by atoms with E-state index in [9.17, 15) is 0 Å². The minimum Gasteiger partial charge on any atom is -0.326 e. The van der Waals surface area contributed by atoms with Crippen molar-refractivity contribution in [2.24, 2.45) is 28.2 Å². The van der Waals surface area contributed by atoms with E-state index < -0.39 is 0 Å². The van der Waals surface area contributed by atoms with E-state index in [0.717, 1.165) is 5.92 Å². The fourth-order valence-corrected chi connectivity index (χ4v) is 7.28. The molecule has 0 heterocycles. The van der Waals surface area contributed by atoms with Crippen LogP contribution < -0.4 is 11.5 Å². The maximum Gasteiger partial charge on any atom is 0.0321 e. The van der Waals surface area contributed by atoms with Crippen LogP contribution >= 0.6 is 0 Å². The minimum atomic E-state index is -0.0467. The van der Waals surface area contributed by atoms with Gasteiger partial charge in [0.05, 0.1) is 0 Å². The zero-order valence-corrected chi connectivity index (χ0v) is 16.4. The molecule has 4 aliphatic carbocycles. The first-order chi connectivity index (χ1) is 11.5. The maximum atomic E-state index is 6.97. The summed E-state index contributed by atoms with van der Waals surface area (Å²) in [6.45, 7) is 4.61. The van der Waals surface area contributed by atoms with Gasteiger partial charge in [0, 0.05) is 11.6 Å². The molecular weight excluding hydrogens is 292 g/mol. The van der Waals surface area contributed by atoms with E-state index in [4.69, 9.17) is 11.5 Å². The molecule has 24 heavy (non-hydrogen) atoms. The Labute approximate surface area is 150 Å². The van der Waals surface area contributed by atoms with Crippen LogP contribution in [-0.4, -0.2) is 11.6 Å². The van der Waals surface area contributed by atoms with Crippen LogP contribution in [0.4, 0.5) is 0 Å². The fraction of sp³-hybridized carbons (Fsp3) is 1.00. The average Bonchev–Trinajstić information content (AvgIpc) is 2.53. The summed E-state index contributed by atoms with van der Waals surface area (Å²) in [6.07, 6.45) is 20.5. The molecule has 5 unspecified atom stereocenters. The number of hydrogen-bond acceptors (Lipinski definition) is 2. The van der Waals surface area contributed by atoms with E-state index in [1.165, 1.54) is 96.3 Å². The third kappa shape index (κ3) is 3.43. The molecule has 4 saturated carbocycles. The number of nitrogens with two attached hydrogens (primary N) is 2. The molecule has 0 aromatic carbocycles. The zero-order chi connectivity index (χ0) is 17.3. The van der Waals surface area contributed by atoms with Crippen molar-refractivity contribution < 1.29 is 0 Å². The summed E-state index contributed by atoms with van der Waals surface area (Å²) >= 11 is 0. The van der Waals surface area contributed by atoms with Crippen LogP contribution in [0.5, 0.6) is 0 Å². The van der Waals surface area contributed by atoms with Crippen LogP contribution in [0.1, 0.15) is 110 Å². The molecule has 0 radical (unpaired) electrons. The van der Waals surface area contributed by atoms with Gasteiger partial charge in [-0.05, 0) is 61.7 Å². The van der Waals surface area contributed by atoms with Gasteiger partial charge in [-0.3, -0.25) is 0 Å². The summed E-state index contributed by atoms with van der Waals surface area (Å²) in [5.41, 5.74) is 14.7. The van der Waals surface area contributed by atoms with Crippen LogP contribution in [0.2, 0.25) is 0 Å². The molecule has 4 rings (SSSR count). The Morgan fingerprint density at radius 1 is 0.792 bits per heavy atom. The first kappa shape index (κ1) is 18.7. The standard InChI is InChI=1S/C22H42N2/c1-3-5-7-9-11-20-13-18-14-21(16-20,12-10-8-6-4-2)19(23)22(24,15-18)17-20/h18-19H,3-17,23-24H2,1-2H3. The van der Waals surface area contributed by atoms with E-state index in [1.54, 1.807) is 0 Å². The maximum absolute atomic E-state index is 6.97. The Kier molecular flexibility index (Phi) is 5.67. The third-order valence-electron chi connectivity index (χ3n) is 7.88. The van der Waals surface area contributed by atoms with E-state index in [0.29, 0.717) is 10.8 Å². The van der Waals surface area contributed by atoms with Gasteiger partial charge in [-0.15, -0.1) is 0 Å². The normalized spacial score (nSPS) is 43.5. The highest BCUT2D eigenvalue weighted by Crippen LogP contribution is 2.68. The average molecular weight is 335 g/mol. The molecular formula is C22H42N2. The monoisotopic (exact) mass is 334 g/mol. The van der Waals surface area contributed by atoms with Gasteiger partial charge in [-0.25, -0.2) is 0 Å². The number of hydrogen-bond donors (Lipinski definition) is 2. The van der Waals surface area contributed by atoms with Crippen molar-refractivity contribution in [1.82, 2.24) is 0 Å². The van der Waals surface area contributed by atoms with Gasteiger partial charge < -0.3 is 11.5 Å². The molecule has 2 nitrogen and oxygen atoms in total. The molecule has 5 atom stereocenters. The van der Waals surface area contributed by atoms with Crippen molar-refractivity contribution in [1.29, 1.82) is 0 Å². The summed E-state index contributed by atoms with van der Waals surface area (Å²) in [7, 11) is 0. The van der Waals surface area contributed by atoms with Crippen molar-refractivity contribution >= 4 is 0 Å². The third-order valence-corrected chi connectivity index (χ3v) is 7.88. The second-order valence-corrected chi connectivity index (χ2v) is 10.0. The Bertz CT molecular complexity index is 422. The summed E-state index contributed by atoms with van der Waals surface area (Å²) in [5.74, 6) is 0.870. The summed E-state index contributed by atoms with van der Waals surface area (Å²) in [6, 6.07) is 0.256. The largest absolute Gasteiger partial charge is 0.326 e. The fourth-order valence-electron chi connectivity index (χ4n) is 7.28. The molecule has 0 aliphatic heterocycles. The van der Waals surface area contributed by atoms with E-state index in [2.05, 4.69) is 13.8 Å². The van der Waals surface area contributed by atoms with E-state index in [-0.39, 0.29) is 11.6 Å². The van der Waals surface area contributed by atoms with E-state index in [1.807, 2.05) is 0 Å². The quantitative estimate of drug-likeness (QED) is 0.516. The Morgan fingerprint density at radius 2 is 1.46 bits per heavy atom. The van der Waals surface area contributed by atoms with Crippen molar-refractivity contribution in [2.75, 3.05) is 0 Å². The van der Waals surface area contributed by atoms with E-state index >= 15 is 0 Å². The lowest BCUT2D eigenvalue weighted by atomic mass is 9.39. The highest BCUT2D eigenvalue weighted by atomic mass is 14.9. The smallest absolute Gasteiger partial charge is 0.0321 e. The Hall–Kier alpha value is -0.0800. The SMILES string of the molecule is CCCCCCC12CC3CC(N)(C1)C(N)C(CCCCCC)(C3)C2. The lowest BCUT2D eigenvalue weighted by Crippen LogP contribution is -2.75. The molecule has 4 aliphatic rings. The van der Waals surface area contributed by atoms with Crippen LogP contribution in [0.3, 0.4) is 0 Å². The molecule has 140 valence electrons. The molecule has 2 heteroatoms. The lowest BCUT2D eigenvalue weighted by molar-refractivity contribution is -0.144. The molecule has 0 amide bonds. The van der Waals surface area contributed by atoms with Gasteiger partial charge >= 0.3 is 0 Å². The Morgan fingerprint density at radius 3 is 2.12 bits per heavy atom. The first-order valence-corrected chi connectivity index (χ1v) is 11.0. The van der Waals surface area contributed by atoms with Crippen LogP contribution in [-0.2, 0) is 0 Å². The lowest BCUT2D eigenvalue weighted by Gasteiger charge is -2.69. The zero-order valence-electron chi connectivity index (χ0n) is 16.4. The summed E-state index contributed by atoms with van der Waals surface area (Å²) in [5, 5.41) is 0. The molecule has 0 spiro atoms. The number of rotatable bonds is 10. The first-order valence-electron chi connectivity index (χ1n) is 11.0. The van der Waals surface area contributed by atoms with Gasteiger partial charge in [-0.2, -0.15) is 0 Å². The molecule has 4 fully saturated rings. The predicted octanol–water partition coefficient (Wildman–Crippen LogP) is 5.53. The predicted molar refractivity (Wildman–Crippen MR) is 104 cm³/mol. The topological polar surface area (TPSA) is 52.0 Å². The van der Waals surface area contributed by atoms with Gasteiger partial charge in [0.15, 0.2) is 0 Å². The molecule has 0 aromatic heterocycles. The Balaban J connectivity index is 1.70. The van der Waals surface area contributed by atoms with Crippen molar-refractivity contribution in [3.63, 3.8) is 0 Å². The van der Waals surface area contributed by atoms with Crippen molar-refractivity contribution in [3.05, 3.63) is 0 Å². The van der Waals surface area contributed by atoms with Crippen LogP contribution in [0.15, 0.2) is 0 Å². The van der Waals surface area contributed by atoms with Gasteiger partial charge in [-0.1, -0.05) is 65.2 Å². The highest BCUT2D eigenvalue weighted by Gasteiger charge is 2.65. The van der Waals surface area contributed by atoms with Gasteiger partial charge in [0.25, 0.3) is 0 Å². The molecule has 0 aromatic rings. The second kappa shape index (κ2) is 7.27. The van der Waals surface area contributed by atoms with Gasteiger partial charge in [0.1, 0.15) is 0 Å². The molecule has 4 bridgehead atoms. The summed E-state index contributed by atoms with van der Waals surface area (Å²) in [4.78, 5) is 0. The summed E-state index contributed by atoms with van der Waals surface area (Å²) < 4.78 is 0. The molecule has 0 saturated heterocycles. The van der Waals surface area contributed by atoms with Crippen LogP contribution in [0.25, 0.3) is 0 Å².